The molecule has 1 fully saturated rings. The summed E-state index contributed by atoms with van der Waals surface area (Å²) in [5.74, 6) is 1.40. The van der Waals surface area contributed by atoms with E-state index in [2.05, 4.69) is 48.0 Å². The first-order chi connectivity index (χ1) is 8.51. The Morgan fingerprint density at radius 2 is 2.17 bits per heavy atom. The summed E-state index contributed by atoms with van der Waals surface area (Å²) in [6, 6.07) is 0. The molecule has 0 aliphatic heterocycles. The summed E-state index contributed by atoms with van der Waals surface area (Å²) in [6.45, 7) is 11.0. The molecule has 2 atom stereocenters. The molecule has 1 N–H and O–H groups in total. The van der Waals surface area contributed by atoms with Crippen molar-refractivity contribution in [3.05, 3.63) is 11.9 Å². The molecular formula is C14H26N4. The Balaban J connectivity index is 1.95. The van der Waals surface area contributed by atoms with Gasteiger partial charge in [-0.2, -0.15) is 0 Å². The molecule has 0 amide bonds. The number of aromatic nitrogens is 3. The number of hydrogen-bond acceptors (Lipinski definition) is 3. The highest BCUT2D eigenvalue weighted by molar-refractivity contribution is 5.10. The molecule has 18 heavy (non-hydrogen) atoms. The molecule has 0 radical (unpaired) electrons. The summed E-state index contributed by atoms with van der Waals surface area (Å²) in [7, 11) is 0. The lowest BCUT2D eigenvalue weighted by Gasteiger charge is -2.38. The molecule has 0 spiro atoms. The lowest BCUT2D eigenvalue weighted by molar-refractivity contribution is 0.215. The van der Waals surface area contributed by atoms with E-state index in [1.807, 2.05) is 6.20 Å². The van der Waals surface area contributed by atoms with Crippen LogP contribution in [0.4, 0.5) is 0 Å². The van der Waals surface area contributed by atoms with Crippen LogP contribution in [0.2, 0.25) is 0 Å². The minimum atomic E-state index is 0.210. The summed E-state index contributed by atoms with van der Waals surface area (Å²) in [4.78, 5) is 0. The van der Waals surface area contributed by atoms with Crippen LogP contribution in [-0.4, -0.2) is 27.1 Å². The third-order valence-corrected chi connectivity index (χ3v) is 3.78. The number of hydrogen-bond donors (Lipinski definition) is 1. The zero-order valence-corrected chi connectivity index (χ0v) is 12.1. The number of aryl methyl sites for hydroxylation is 1. The quantitative estimate of drug-likeness (QED) is 0.873. The fourth-order valence-electron chi connectivity index (χ4n) is 2.58. The fourth-order valence-corrected chi connectivity index (χ4v) is 2.58. The highest BCUT2D eigenvalue weighted by Gasteiger charge is 2.34. The van der Waals surface area contributed by atoms with Gasteiger partial charge in [-0.3, -0.25) is 0 Å². The first kappa shape index (κ1) is 13.5. The molecule has 1 aliphatic carbocycles. The molecule has 2 rings (SSSR count). The lowest BCUT2D eigenvalue weighted by atomic mass is 9.71. The molecule has 1 saturated carbocycles. The highest BCUT2D eigenvalue weighted by Crippen LogP contribution is 2.41. The van der Waals surface area contributed by atoms with Crippen LogP contribution in [0.3, 0.4) is 0 Å². The predicted molar refractivity (Wildman–Crippen MR) is 73.5 cm³/mol. The Labute approximate surface area is 110 Å². The van der Waals surface area contributed by atoms with Crippen LogP contribution < -0.4 is 5.32 Å². The van der Waals surface area contributed by atoms with Crippen molar-refractivity contribution in [2.75, 3.05) is 6.54 Å². The van der Waals surface area contributed by atoms with Gasteiger partial charge >= 0.3 is 0 Å². The van der Waals surface area contributed by atoms with Crippen molar-refractivity contribution in [2.24, 2.45) is 5.92 Å². The van der Waals surface area contributed by atoms with Gasteiger partial charge in [0.05, 0.1) is 11.9 Å². The Kier molecular flexibility index (Phi) is 4.05. The van der Waals surface area contributed by atoms with E-state index in [9.17, 15) is 0 Å². The largest absolute Gasteiger partial charge is 0.312 e. The molecule has 4 nitrogen and oxygen atoms in total. The van der Waals surface area contributed by atoms with Gasteiger partial charge in [-0.25, -0.2) is 4.68 Å². The Morgan fingerprint density at radius 3 is 2.72 bits per heavy atom. The second-order valence-corrected chi connectivity index (χ2v) is 6.46. The topological polar surface area (TPSA) is 42.7 Å². The van der Waals surface area contributed by atoms with Crippen molar-refractivity contribution in [3.8, 4) is 0 Å². The van der Waals surface area contributed by atoms with Crippen molar-refractivity contribution in [3.63, 3.8) is 0 Å². The average molecular weight is 250 g/mol. The third-order valence-electron chi connectivity index (χ3n) is 3.78. The second-order valence-electron chi connectivity index (χ2n) is 6.46. The summed E-state index contributed by atoms with van der Waals surface area (Å²) in [5, 5.41) is 11.9. The molecule has 102 valence electrons. The molecule has 4 heteroatoms. The molecule has 1 aliphatic rings. The van der Waals surface area contributed by atoms with Crippen molar-refractivity contribution in [2.45, 2.75) is 65.0 Å². The van der Waals surface area contributed by atoms with E-state index in [4.69, 9.17) is 0 Å². The van der Waals surface area contributed by atoms with Crippen LogP contribution in [0.15, 0.2) is 6.20 Å². The van der Waals surface area contributed by atoms with Crippen molar-refractivity contribution < 1.29 is 0 Å². The van der Waals surface area contributed by atoms with Gasteiger partial charge in [0.25, 0.3) is 0 Å². The van der Waals surface area contributed by atoms with Crippen LogP contribution in [0, 0.1) is 5.92 Å². The summed E-state index contributed by atoms with van der Waals surface area (Å²) in [5.41, 5.74) is 1.55. The van der Waals surface area contributed by atoms with Gasteiger partial charge in [-0.1, -0.05) is 12.1 Å². The van der Waals surface area contributed by atoms with Gasteiger partial charge in [-0.05, 0) is 52.5 Å². The zero-order valence-electron chi connectivity index (χ0n) is 12.1. The molecule has 0 bridgehead atoms. The fraction of sp³-hybridized carbons (Fsp3) is 0.857. The average Bonchev–Trinajstić information content (AvgIpc) is 2.64. The van der Waals surface area contributed by atoms with E-state index in [-0.39, 0.29) is 5.54 Å². The van der Waals surface area contributed by atoms with Gasteiger partial charge in [0.15, 0.2) is 0 Å². The molecular weight excluding hydrogens is 224 g/mol. The van der Waals surface area contributed by atoms with Gasteiger partial charge in [0.2, 0.25) is 0 Å². The SMILES string of the molecule is CCCn1nncc1C1CCC1CNC(C)(C)C. The van der Waals surface area contributed by atoms with E-state index in [1.165, 1.54) is 18.5 Å². The van der Waals surface area contributed by atoms with Crippen LogP contribution >= 0.6 is 0 Å². The van der Waals surface area contributed by atoms with Crippen molar-refractivity contribution in [1.29, 1.82) is 0 Å². The van der Waals surface area contributed by atoms with Crippen LogP contribution in [0.25, 0.3) is 0 Å². The maximum Gasteiger partial charge on any atom is 0.0728 e. The molecule has 1 heterocycles. The first-order valence-electron chi connectivity index (χ1n) is 7.14. The van der Waals surface area contributed by atoms with Gasteiger partial charge in [-0.15, -0.1) is 5.10 Å². The zero-order chi connectivity index (χ0) is 13.2. The van der Waals surface area contributed by atoms with E-state index in [1.54, 1.807) is 0 Å². The Bertz CT molecular complexity index is 377. The monoisotopic (exact) mass is 250 g/mol. The lowest BCUT2D eigenvalue weighted by Crippen LogP contribution is -2.43. The van der Waals surface area contributed by atoms with Crippen molar-refractivity contribution >= 4 is 0 Å². The maximum absolute atomic E-state index is 4.20. The normalized spacial score (nSPS) is 24.0. The van der Waals surface area contributed by atoms with Crippen LogP contribution in [0.5, 0.6) is 0 Å². The number of rotatable bonds is 5. The molecule has 0 aromatic carbocycles. The standard InChI is InChI=1S/C14H26N4/c1-5-8-18-13(10-16-17-18)12-7-6-11(12)9-15-14(2,3)4/h10-12,15H,5-9H2,1-4H3. The molecule has 2 unspecified atom stereocenters. The number of nitrogens with one attached hydrogen (secondary N) is 1. The number of nitrogens with zero attached hydrogens (tertiary/aromatic N) is 3. The first-order valence-corrected chi connectivity index (χ1v) is 7.14. The minimum Gasteiger partial charge on any atom is -0.312 e. The van der Waals surface area contributed by atoms with Crippen molar-refractivity contribution in [1.82, 2.24) is 20.3 Å². The summed E-state index contributed by atoms with van der Waals surface area (Å²) < 4.78 is 2.09. The minimum absolute atomic E-state index is 0.210. The van der Waals surface area contributed by atoms with E-state index in [0.29, 0.717) is 5.92 Å². The van der Waals surface area contributed by atoms with Gasteiger partial charge < -0.3 is 5.32 Å². The Hall–Kier alpha value is -0.900. The second kappa shape index (κ2) is 5.39. The van der Waals surface area contributed by atoms with E-state index in [0.717, 1.165) is 25.4 Å². The summed E-state index contributed by atoms with van der Waals surface area (Å²) >= 11 is 0. The summed E-state index contributed by atoms with van der Waals surface area (Å²) in [6.07, 6.45) is 5.69. The molecule has 0 saturated heterocycles. The maximum atomic E-state index is 4.20. The Morgan fingerprint density at radius 1 is 1.39 bits per heavy atom. The van der Waals surface area contributed by atoms with E-state index >= 15 is 0 Å². The molecule has 1 aromatic heterocycles. The van der Waals surface area contributed by atoms with Gasteiger partial charge in [0.1, 0.15) is 0 Å². The van der Waals surface area contributed by atoms with Crippen LogP contribution in [-0.2, 0) is 6.54 Å². The smallest absolute Gasteiger partial charge is 0.0728 e. The van der Waals surface area contributed by atoms with Gasteiger partial charge in [0, 0.05) is 18.0 Å². The third kappa shape index (κ3) is 3.10. The predicted octanol–water partition coefficient (Wildman–Crippen LogP) is 2.57. The van der Waals surface area contributed by atoms with Crippen LogP contribution in [0.1, 0.15) is 58.6 Å². The molecule has 1 aromatic rings. The highest BCUT2D eigenvalue weighted by atomic mass is 15.4. The van der Waals surface area contributed by atoms with E-state index < -0.39 is 0 Å².